The van der Waals surface area contributed by atoms with Crippen molar-refractivity contribution < 1.29 is 32.6 Å². The van der Waals surface area contributed by atoms with Crippen molar-refractivity contribution in [2.45, 2.75) is 17.2 Å². The number of halogens is 2. The van der Waals surface area contributed by atoms with Crippen LogP contribution in [0, 0.1) is 0 Å². The van der Waals surface area contributed by atoms with Crippen molar-refractivity contribution in [1.82, 2.24) is 5.32 Å². The van der Waals surface area contributed by atoms with Gasteiger partial charge < -0.3 is 19.5 Å². The van der Waals surface area contributed by atoms with Crippen molar-refractivity contribution in [3.8, 4) is 11.5 Å². The molecular formula is C18H15F2NO5S. The van der Waals surface area contributed by atoms with Gasteiger partial charge in [0, 0.05) is 11.4 Å². The Labute approximate surface area is 157 Å². The first-order valence-corrected chi connectivity index (χ1v) is 8.76. The SMILES string of the molecule is O=C(COC(=O)c1ccc(SC(F)F)cc1)NCc1ccc2c(c1)OCO2. The monoisotopic (exact) mass is 395 g/mol. The lowest BCUT2D eigenvalue weighted by atomic mass is 10.2. The Morgan fingerprint density at radius 1 is 1.11 bits per heavy atom. The number of thioether (sulfide) groups is 1. The molecule has 3 rings (SSSR count). The average molecular weight is 395 g/mol. The summed E-state index contributed by atoms with van der Waals surface area (Å²) in [6, 6.07) is 10.8. The van der Waals surface area contributed by atoms with Crippen LogP contribution in [-0.2, 0) is 16.1 Å². The molecule has 0 unspecified atom stereocenters. The van der Waals surface area contributed by atoms with Gasteiger partial charge in [-0.3, -0.25) is 4.79 Å². The molecule has 2 aromatic rings. The predicted molar refractivity (Wildman–Crippen MR) is 93.0 cm³/mol. The van der Waals surface area contributed by atoms with Crippen LogP contribution in [0.5, 0.6) is 11.5 Å². The number of fused-ring (bicyclic) bond motifs is 1. The molecule has 142 valence electrons. The number of alkyl halides is 2. The zero-order valence-corrected chi connectivity index (χ0v) is 14.8. The largest absolute Gasteiger partial charge is 0.454 e. The molecule has 1 amide bonds. The topological polar surface area (TPSA) is 73.9 Å². The first-order valence-electron chi connectivity index (χ1n) is 7.88. The molecule has 1 N–H and O–H groups in total. The molecule has 0 atom stereocenters. The van der Waals surface area contributed by atoms with E-state index in [0.717, 1.165) is 5.56 Å². The van der Waals surface area contributed by atoms with Crippen LogP contribution in [0.2, 0.25) is 0 Å². The van der Waals surface area contributed by atoms with Gasteiger partial charge in [-0.05, 0) is 42.0 Å². The van der Waals surface area contributed by atoms with Crippen molar-refractivity contribution >= 4 is 23.6 Å². The van der Waals surface area contributed by atoms with E-state index in [2.05, 4.69) is 5.32 Å². The maximum Gasteiger partial charge on any atom is 0.338 e. The number of hydrogen-bond donors (Lipinski definition) is 1. The van der Waals surface area contributed by atoms with Crippen molar-refractivity contribution in [3.05, 3.63) is 53.6 Å². The van der Waals surface area contributed by atoms with Gasteiger partial charge in [-0.1, -0.05) is 17.8 Å². The number of amides is 1. The predicted octanol–water partition coefficient (Wildman–Crippen LogP) is 3.20. The van der Waals surface area contributed by atoms with Gasteiger partial charge in [-0.2, -0.15) is 8.78 Å². The minimum atomic E-state index is -2.53. The summed E-state index contributed by atoms with van der Waals surface area (Å²) in [6.07, 6.45) is 0. The molecule has 0 saturated heterocycles. The molecule has 6 nitrogen and oxygen atoms in total. The molecule has 0 aliphatic carbocycles. The third-order valence-corrected chi connectivity index (χ3v) is 4.30. The molecular weight excluding hydrogens is 380 g/mol. The summed E-state index contributed by atoms with van der Waals surface area (Å²) in [6.45, 7) is -0.0353. The molecule has 9 heteroatoms. The Balaban J connectivity index is 1.44. The number of carbonyl (C=O) groups is 2. The second kappa shape index (κ2) is 8.72. The number of nitrogens with one attached hydrogen (secondary N) is 1. The van der Waals surface area contributed by atoms with Crippen LogP contribution in [0.25, 0.3) is 0 Å². The maximum absolute atomic E-state index is 12.3. The van der Waals surface area contributed by atoms with E-state index in [9.17, 15) is 18.4 Å². The van der Waals surface area contributed by atoms with Crippen molar-refractivity contribution in [2.75, 3.05) is 13.4 Å². The third kappa shape index (κ3) is 5.33. The molecule has 27 heavy (non-hydrogen) atoms. The maximum atomic E-state index is 12.3. The van der Waals surface area contributed by atoms with Crippen molar-refractivity contribution in [3.63, 3.8) is 0 Å². The molecule has 0 fully saturated rings. The van der Waals surface area contributed by atoms with E-state index in [-0.39, 0.29) is 18.9 Å². The summed E-state index contributed by atoms with van der Waals surface area (Å²) in [7, 11) is 0. The lowest BCUT2D eigenvalue weighted by Gasteiger charge is -2.08. The number of esters is 1. The smallest absolute Gasteiger partial charge is 0.338 e. The van der Waals surface area contributed by atoms with Gasteiger partial charge in [-0.25, -0.2) is 4.79 Å². The molecule has 0 spiro atoms. The van der Waals surface area contributed by atoms with Gasteiger partial charge in [-0.15, -0.1) is 0 Å². The summed E-state index contributed by atoms with van der Waals surface area (Å²) in [5.74, 6) is -2.44. The number of hydrogen-bond acceptors (Lipinski definition) is 6. The Bertz CT molecular complexity index is 829. The average Bonchev–Trinajstić information content (AvgIpc) is 3.12. The minimum absolute atomic E-state index is 0.170. The van der Waals surface area contributed by atoms with E-state index in [1.54, 1.807) is 18.2 Å². The van der Waals surface area contributed by atoms with E-state index in [1.165, 1.54) is 24.3 Å². The Morgan fingerprint density at radius 3 is 2.59 bits per heavy atom. The zero-order chi connectivity index (χ0) is 19.2. The summed E-state index contributed by atoms with van der Waals surface area (Å²) in [4.78, 5) is 24.1. The lowest BCUT2D eigenvalue weighted by molar-refractivity contribution is -0.124. The number of rotatable bonds is 7. The minimum Gasteiger partial charge on any atom is -0.454 e. The highest BCUT2D eigenvalue weighted by Crippen LogP contribution is 2.32. The van der Waals surface area contributed by atoms with Crippen LogP contribution >= 0.6 is 11.8 Å². The highest BCUT2D eigenvalue weighted by Gasteiger charge is 2.14. The van der Waals surface area contributed by atoms with Crippen LogP contribution in [0.3, 0.4) is 0 Å². The van der Waals surface area contributed by atoms with Gasteiger partial charge in [0.25, 0.3) is 11.7 Å². The van der Waals surface area contributed by atoms with Gasteiger partial charge in [0.1, 0.15) is 0 Å². The molecule has 0 aromatic heterocycles. The van der Waals surface area contributed by atoms with E-state index in [4.69, 9.17) is 14.2 Å². The highest BCUT2D eigenvalue weighted by atomic mass is 32.2. The second-order valence-corrected chi connectivity index (χ2v) is 6.51. The zero-order valence-electron chi connectivity index (χ0n) is 13.9. The highest BCUT2D eigenvalue weighted by molar-refractivity contribution is 7.99. The van der Waals surface area contributed by atoms with Crippen molar-refractivity contribution in [1.29, 1.82) is 0 Å². The summed E-state index contributed by atoms with van der Waals surface area (Å²) in [5.41, 5.74) is 0.989. The van der Waals surface area contributed by atoms with Gasteiger partial charge in [0.05, 0.1) is 5.56 Å². The van der Waals surface area contributed by atoms with E-state index < -0.39 is 24.2 Å². The standard InChI is InChI=1S/C18H15F2NO5S/c19-18(20)27-13-4-2-12(3-5-13)17(23)24-9-16(22)21-8-11-1-6-14-15(7-11)26-10-25-14/h1-7,18H,8-10H2,(H,21,22). The van der Waals surface area contributed by atoms with Gasteiger partial charge >= 0.3 is 5.97 Å². The fraction of sp³-hybridized carbons (Fsp3) is 0.222. The molecule has 0 radical (unpaired) electrons. The Kier molecular flexibility index (Phi) is 6.12. The Hall–Kier alpha value is -2.81. The molecule has 2 aromatic carbocycles. The first-order chi connectivity index (χ1) is 13.0. The molecule has 0 saturated carbocycles. The van der Waals surface area contributed by atoms with Crippen LogP contribution in [0.4, 0.5) is 8.78 Å². The summed E-state index contributed by atoms with van der Waals surface area (Å²) < 4.78 is 39.9. The normalized spacial score (nSPS) is 12.1. The van der Waals surface area contributed by atoms with E-state index in [0.29, 0.717) is 28.2 Å². The van der Waals surface area contributed by atoms with Crippen LogP contribution in [0.15, 0.2) is 47.4 Å². The van der Waals surface area contributed by atoms with E-state index >= 15 is 0 Å². The third-order valence-electron chi connectivity index (χ3n) is 3.58. The lowest BCUT2D eigenvalue weighted by Crippen LogP contribution is -2.28. The number of carbonyl (C=O) groups excluding carboxylic acids is 2. The van der Waals surface area contributed by atoms with Crippen LogP contribution in [-0.4, -0.2) is 31.0 Å². The fourth-order valence-corrected chi connectivity index (χ4v) is 2.79. The first kappa shape index (κ1) is 19.0. The summed E-state index contributed by atoms with van der Waals surface area (Å²) >= 11 is 0.383. The van der Waals surface area contributed by atoms with Crippen LogP contribution < -0.4 is 14.8 Å². The number of benzene rings is 2. The van der Waals surface area contributed by atoms with Gasteiger partial charge in [0.2, 0.25) is 6.79 Å². The van der Waals surface area contributed by atoms with Crippen molar-refractivity contribution in [2.24, 2.45) is 0 Å². The number of ether oxygens (including phenoxy) is 3. The second-order valence-electron chi connectivity index (χ2n) is 5.44. The van der Waals surface area contributed by atoms with Crippen LogP contribution in [0.1, 0.15) is 15.9 Å². The molecule has 1 aliphatic heterocycles. The molecule has 1 aliphatic rings. The summed E-state index contributed by atoms with van der Waals surface area (Å²) in [5, 5.41) is 2.63. The van der Waals surface area contributed by atoms with E-state index in [1.807, 2.05) is 0 Å². The molecule has 0 bridgehead atoms. The fourth-order valence-electron chi connectivity index (χ4n) is 2.29. The Morgan fingerprint density at radius 2 is 1.85 bits per heavy atom. The molecule has 1 heterocycles. The van der Waals surface area contributed by atoms with Gasteiger partial charge in [0.15, 0.2) is 18.1 Å². The quantitative estimate of drug-likeness (QED) is 0.573.